The van der Waals surface area contributed by atoms with Crippen LogP contribution in [-0.2, 0) is 14.3 Å². The smallest absolute Gasteiger partial charge is 0.313 e. The Morgan fingerprint density at radius 3 is 2.65 bits per heavy atom. The van der Waals surface area contributed by atoms with Crippen LogP contribution in [-0.4, -0.2) is 55.3 Å². The maximum atomic E-state index is 12.3. The zero-order valence-corrected chi connectivity index (χ0v) is 13.7. The minimum atomic E-state index is -1.04. The van der Waals surface area contributed by atoms with Crippen LogP contribution in [0.25, 0.3) is 0 Å². The molecule has 1 aromatic rings. The van der Waals surface area contributed by atoms with Crippen LogP contribution < -0.4 is 4.74 Å². The highest BCUT2D eigenvalue weighted by atomic mass is 35.5. The third-order valence-electron chi connectivity index (χ3n) is 3.98. The van der Waals surface area contributed by atoms with Gasteiger partial charge in [-0.25, -0.2) is 0 Å². The summed E-state index contributed by atoms with van der Waals surface area (Å²) in [5.74, 6) is -0.627. The number of hydrogen-bond donors (Lipinski definition) is 1. The number of nitrogens with zero attached hydrogens (tertiary/aromatic N) is 1. The molecule has 1 aliphatic heterocycles. The molecule has 2 rings (SSSR count). The van der Waals surface area contributed by atoms with Crippen molar-refractivity contribution in [1.82, 2.24) is 4.90 Å². The fraction of sp³-hybridized carbons (Fsp3) is 0.500. The van der Waals surface area contributed by atoms with Crippen LogP contribution >= 0.6 is 11.6 Å². The molecule has 0 aliphatic carbocycles. The van der Waals surface area contributed by atoms with Gasteiger partial charge in [0.15, 0.2) is 6.61 Å². The summed E-state index contributed by atoms with van der Waals surface area (Å²) in [4.78, 5) is 25.4. The number of rotatable bonds is 6. The molecule has 1 heterocycles. The predicted molar refractivity (Wildman–Crippen MR) is 84.7 cm³/mol. The molecule has 0 radical (unpaired) electrons. The van der Waals surface area contributed by atoms with E-state index in [-0.39, 0.29) is 25.7 Å². The van der Waals surface area contributed by atoms with Crippen molar-refractivity contribution < 1.29 is 24.2 Å². The van der Waals surface area contributed by atoms with E-state index in [0.717, 1.165) is 0 Å². The lowest BCUT2D eigenvalue weighted by molar-refractivity contribution is -0.159. The summed E-state index contributed by atoms with van der Waals surface area (Å²) in [6.45, 7) is 0.620. The van der Waals surface area contributed by atoms with Gasteiger partial charge >= 0.3 is 5.97 Å². The van der Waals surface area contributed by atoms with E-state index in [1.165, 1.54) is 12.0 Å². The van der Waals surface area contributed by atoms with Gasteiger partial charge in [0, 0.05) is 25.2 Å². The van der Waals surface area contributed by atoms with Gasteiger partial charge in [0.1, 0.15) is 11.2 Å². The molecule has 0 spiro atoms. The molecule has 1 saturated heterocycles. The van der Waals surface area contributed by atoms with Crippen LogP contribution in [0.1, 0.15) is 12.8 Å². The number of piperidine rings is 1. The van der Waals surface area contributed by atoms with Gasteiger partial charge in [-0.2, -0.15) is 0 Å². The normalized spacial score (nSPS) is 21.0. The van der Waals surface area contributed by atoms with Gasteiger partial charge < -0.3 is 19.5 Å². The highest BCUT2D eigenvalue weighted by Gasteiger charge is 2.43. The molecule has 23 heavy (non-hydrogen) atoms. The van der Waals surface area contributed by atoms with Gasteiger partial charge in [-0.15, -0.1) is 0 Å². The summed E-state index contributed by atoms with van der Waals surface area (Å²) in [5, 5.41) is 10.1. The maximum Gasteiger partial charge on any atom is 0.313 e. The van der Waals surface area contributed by atoms with Gasteiger partial charge in [-0.05, 0) is 37.1 Å². The summed E-state index contributed by atoms with van der Waals surface area (Å²) in [5.41, 5.74) is -1.04. The molecule has 7 heteroatoms. The number of methoxy groups -OCH3 is 1. The topological polar surface area (TPSA) is 76.1 Å². The molecule has 1 N–H and O–H groups in total. The molecule has 0 bridgehead atoms. The van der Waals surface area contributed by atoms with Crippen molar-refractivity contribution in [2.24, 2.45) is 5.41 Å². The number of ether oxygens (including phenoxy) is 2. The molecule has 1 fully saturated rings. The van der Waals surface area contributed by atoms with Crippen LogP contribution in [0.15, 0.2) is 24.3 Å². The number of carbonyl (C=O) groups is 2. The monoisotopic (exact) mass is 341 g/mol. The SMILES string of the molecule is COCC1(C(=O)O)CCCN(C(=O)COc2ccc(Cl)cc2)C1. The van der Waals surface area contributed by atoms with E-state index >= 15 is 0 Å². The van der Waals surface area contributed by atoms with E-state index in [2.05, 4.69) is 0 Å². The first-order valence-corrected chi connectivity index (χ1v) is 7.73. The minimum absolute atomic E-state index is 0.0875. The predicted octanol–water partition coefficient (Wildman–Crippen LogP) is 2.06. The highest BCUT2D eigenvalue weighted by Crippen LogP contribution is 2.31. The van der Waals surface area contributed by atoms with Gasteiger partial charge in [-0.1, -0.05) is 11.6 Å². The number of carboxylic acids is 1. The van der Waals surface area contributed by atoms with Crippen LogP contribution in [0, 0.1) is 5.41 Å². The second-order valence-corrected chi connectivity index (χ2v) is 6.12. The lowest BCUT2D eigenvalue weighted by Crippen LogP contribution is -2.53. The van der Waals surface area contributed by atoms with Crippen molar-refractivity contribution in [3.05, 3.63) is 29.3 Å². The Labute approximate surface area is 139 Å². The van der Waals surface area contributed by atoms with Gasteiger partial charge in [0.05, 0.1) is 6.61 Å². The van der Waals surface area contributed by atoms with Gasteiger partial charge in [-0.3, -0.25) is 9.59 Å². The molecule has 0 aromatic heterocycles. The van der Waals surface area contributed by atoms with Crippen LogP contribution in [0.2, 0.25) is 5.02 Å². The zero-order valence-electron chi connectivity index (χ0n) is 13.0. The van der Waals surface area contributed by atoms with E-state index in [4.69, 9.17) is 21.1 Å². The second-order valence-electron chi connectivity index (χ2n) is 5.68. The highest BCUT2D eigenvalue weighted by molar-refractivity contribution is 6.30. The van der Waals surface area contributed by atoms with E-state index in [1.54, 1.807) is 24.3 Å². The number of amides is 1. The molecule has 1 unspecified atom stereocenters. The zero-order chi connectivity index (χ0) is 16.9. The van der Waals surface area contributed by atoms with Crippen molar-refractivity contribution in [2.45, 2.75) is 12.8 Å². The summed E-state index contributed by atoms with van der Waals surface area (Å²) >= 11 is 5.79. The lowest BCUT2D eigenvalue weighted by Gasteiger charge is -2.39. The first kappa shape index (κ1) is 17.6. The third-order valence-corrected chi connectivity index (χ3v) is 4.23. The van der Waals surface area contributed by atoms with Crippen LogP contribution in [0.3, 0.4) is 0 Å². The Morgan fingerprint density at radius 2 is 2.04 bits per heavy atom. The standard InChI is InChI=1S/C16H20ClNO5/c1-22-11-16(15(20)21)7-2-8-18(10-16)14(19)9-23-13-5-3-12(17)4-6-13/h3-6H,2,7-11H2,1H3,(H,20,21). The summed E-state index contributed by atoms with van der Waals surface area (Å²) < 4.78 is 10.5. The molecular formula is C16H20ClNO5. The lowest BCUT2D eigenvalue weighted by atomic mass is 9.80. The number of likely N-dealkylation sites (tertiary alicyclic amines) is 1. The molecule has 126 valence electrons. The largest absolute Gasteiger partial charge is 0.484 e. The van der Waals surface area contributed by atoms with Crippen molar-refractivity contribution >= 4 is 23.5 Å². The molecule has 1 aliphatic rings. The molecule has 0 saturated carbocycles. The third kappa shape index (κ3) is 4.36. The maximum absolute atomic E-state index is 12.3. The van der Waals surface area contributed by atoms with E-state index in [9.17, 15) is 14.7 Å². The fourth-order valence-electron chi connectivity index (χ4n) is 2.74. The van der Waals surface area contributed by atoms with Crippen LogP contribution in [0.5, 0.6) is 5.75 Å². The van der Waals surface area contributed by atoms with E-state index in [0.29, 0.717) is 30.2 Å². The quantitative estimate of drug-likeness (QED) is 0.857. The molecule has 1 atom stereocenters. The Hall–Kier alpha value is -1.79. The van der Waals surface area contributed by atoms with E-state index in [1.807, 2.05) is 0 Å². The number of halogens is 1. The fourth-order valence-corrected chi connectivity index (χ4v) is 2.87. The van der Waals surface area contributed by atoms with Crippen molar-refractivity contribution in [2.75, 3.05) is 33.4 Å². The molecule has 6 nitrogen and oxygen atoms in total. The number of carbonyl (C=O) groups excluding carboxylic acids is 1. The van der Waals surface area contributed by atoms with Crippen molar-refractivity contribution in [3.63, 3.8) is 0 Å². The Morgan fingerprint density at radius 1 is 1.35 bits per heavy atom. The Balaban J connectivity index is 1.96. The van der Waals surface area contributed by atoms with Crippen LogP contribution in [0.4, 0.5) is 0 Å². The number of aliphatic carboxylic acids is 1. The van der Waals surface area contributed by atoms with Gasteiger partial charge in [0.2, 0.25) is 0 Å². The molecular weight excluding hydrogens is 322 g/mol. The first-order chi connectivity index (χ1) is 11.0. The number of hydrogen-bond acceptors (Lipinski definition) is 4. The Bertz CT molecular complexity index is 558. The second kappa shape index (κ2) is 7.66. The average molecular weight is 342 g/mol. The number of benzene rings is 1. The molecule has 1 aromatic carbocycles. The van der Waals surface area contributed by atoms with Crippen molar-refractivity contribution in [1.29, 1.82) is 0 Å². The molecule has 1 amide bonds. The van der Waals surface area contributed by atoms with Gasteiger partial charge in [0.25, 0.3) is 5.91 Å². The first-order valence-electron chi connectivity index (χ1n) is 7.35. The Kier molecular flexibility index (Phi) is 5.85. The minimum Gasteiger partial charge on any atom is -0.484 e. The summed E-state index contributed by atoms with van der Waals surface area (Å²) in [6.07, 6.45) is 1.13. The van der Waals surface area contributed by atoms with Crippen molar-refractivity contribution in [3.8, 4) is 5.75 Å². The summed E-state index contributed by atoms with van der Waals surface area (Å²) in [6, 6.07) is 6.71. The van der Waals surface area contributed by atoms with E-state index < -0.39 is 11.4 Å². The summed E-state index contributed by atoms with van der Waals surface area (Å²) in [7, 11) is 1.47. The number of carboxylic acid groups (broad SMARTS) is 1. The average Bonchev–Trinajstić information content (AvgIpc) is 2.54.